The molecule has 0 aliphatic carbocycles. The quantitative estimate of drug-likeness (QED) is 0.804. The number of carbonyl (C=O) groups excluding carboxylic acids is 1. The number of nitrogens with one attached hydrogen (secondary N) is 1. The number of pyridine rings is 2. The first kappa shape index (κ1) is 14.9. The molecule has 0 saturated carbocycles. The molecule has 0 unspecified atom stereocenters. The van der Waals surface area contributed by atoms with Gasteiger partial charge in [-0.1, -0.05) is 17.7 Å². The zero-order chi connectivity index (χ0) is 16.1. The van der Waals surface area contributed by atoms with Crippen LogP contribution in [0.2, 0.25) is 0 Å². The van der Waals surface area contributed by atoms with E-state index in [4.69, 9.17) is 0 Å². The van der Waals surface area contributed by atoms with Gasteiger partial charge in [-0.15, -0.1) is 0 Å². The molecule has 0 saturated heterocycles. The number of aryl methyl sites for hydroxylation is 1. The van der Waals surface area contributed by atoms with Crippen LogP contribution < -0.4 is 5.32 Å². The summed E-state index contributed by atoms with van der Waals surface area (Å²) in [5.74, 6) is -0.0732. The van der Waals surface area contributed by atoms with Crippen molar-refractivity contribution in [3.63, 3.8) is 0 Å². The Morgan fingerprint density at radius 2 is 1.87 bits per heavy atom. The minimum Gasteiger partial charge on any atom is -0.348 e. The second kappa shape index (κ2) is 6.83. The van der Waals surface area contributed by atoms with E-state index in [-0.39, 0.29) is 5.91 Å². The normalized spacial score (nSPS) is 10.3. The van der Waals surface area contributed by atoms with Gasteiger partial charge in [-0.25, -0.2) is 0 Å². The number of hydrogen-bond donors (Lipinski definition) is 1. The van der Waals surface area contributed by atoms with Gasteiger partial charge in [0, 0.05) is 36.3 Å². The van der Waals surface area contributed by atoms with Gasteiger partial charge in [0.05, 0.1) is 5.69 Å². The highest BCUT2D eigenvalue weighted by atomic mass is 16.1. The molecule has 0 atom stereocenters. The number of aromatic nitrogens is 2. The molecule has 0 aliphatic heterocycles. The van der Waals surface area contributed by atoms with Gasteiger partial charge in [0.2, 0.25) is 0 Å². The maximum atomic E-state index is 12.2. The van der Waals surface area contributed by atoms with E-state index in [9.17, 15) is 4.79 Å². The number of hydrogen-bond acceptors (Lipinski definition) is 3. The lowest BCUT2D eigenvalue weighted by atomic mass is 10.1. The molecule has 3 rings (SSSR count). The minimum absolute atomic E-state index is 0.0732. The molecule has 0 fully saturated rings. The third-order valence-corrected chi connectivity index (χ3v) is 3.53. The highest BCUT2D eigenvalue weighted by Gasteiger charge is 2.06. The molecule has 23 heavy (non-hydrogen) atoms. The van der Waals surface area contributed by atoms with Gasteiger partial charge < -0.3 is 5.32 Å². The lowest BCUT2D eigenvalue weighted by molar-refractivity contribution is 0.0951. The van der Waals surface area contributed by atoms with Crippen molar-refractivity contribution >= 4 is 5.91 Å². The van der Waals surface area contributed by atoms with Crippen molar-refractivity contribution in [2.75, 3.05) is 0 Å². The van der Waals surface area contributed by atoms with Gasteiger partial charge in [-0.05, 0) is 48.9 Å². The van der Waals surface area contributed by atoms with E-state index in [1.165, 1.54) is 0 Å². The Balaban J connectivity index is 1.70. The maximum Gasteiger partial charge on any atom is 0.251 e. The molecular weight excluding hydrogens is 286 g/mol. The van der Waals surface area contributed by atoms with Crippen LogP contribution in [0.15, 0.2) is 67.1 Å². The van der Waals surface area contributed by atoms with E-state index in [1.54, 1.807) is 18.6 Å². The van der Waals surface area contributed by atoms with E-state index in [0.29, 0.717) is 12.1 Å². The van der Waals surface area contributed by atoms with E-state index >= 15 is 0 Å². The first-order valence-corrected chi connectivity index (χ1v) is 7.42. The average molecular weight is 303 g/mol. The fraction of sp³-hybridized carbons (Fsp3) is 0.105. The van der Waals surface area contributed by atoms with E-state index in [1.807, 2.05) is 55.5 Å². The number of amides is 1. The smallest absolute Gasteiger partial charge is 0.251 e. The van der Waals surface area contributed by atoms with Gasteiger partial charge >= 0.3 is 0 Å². The molecule has 4 nitrogen and oxygen atoms in total. The minimum atomic E-state index is -0.0732. The fourth-order valence-corrected chi connectivity index (χ4v) is 2.34. The maximum absolute atomic E-state index is 12.2. The van der Waals surface area contributed by atoms with Gasteiger partial charge in [-0.2, -0.15) is 0 Å². The Bertz CT molecular complexity index is 816. The Hall–Kier alpha value is -3.01. The molecule has 0 aliphatic rings. The second-order valence-electron chi connectivity index (χ2n) is 5.34. The van der Waals surface area contributed by atoms with Crippen LogP contribution in [0.4, 0.5) is 0 Å². The third kappa shape index (κ3) is 3.80. The molecule has 2 aromatic heterocycles. The zero-order valence-electron chi connectivity index (χ0n) is 12.9. The number of carbonyl (C=O) groups is 1. The zero-order valence-corrected chi connectivity index (χ0v) is 12.9. The lowest BCUT2D eigenvalue weighted by Crippen LogP contribution is -2.22. The average Bonchev–Trinajstić information content (AvgIpc) is 2.61. The van der Waals surface area contributed by atoms with Gasteiger partial charge in [0.25, 0.3) is 5.91 Å². The van der Waals surface area contributed by atoms with Crippen molar-refractivity contribution in [1.29, 1.82) is 0 Å². The van der Waals surface area contributed by atoms with Crippen LogP contribution in [-0.4, -0.2) is 15.9 Å². The number of rotatable bonds is 4. The van der Waals surface area contributed by atoms with Crippen molar-refractivity contribution in [3.8, 4) is 11.3 Å². The van der Waals surface area contributed by atoms with Crippen LogP contribution in [-0.2, 0) is 6.54 Å². The van der Waals surface area contributed by atoms with E-state index in [2.05, 4.69) is 15.3 Å². The Morgan fingerprint density at radius 3 is 2.65 bits per heavy atom. The summed E-state index contributed by atoms with van der Waals surface area (Å²) in [6, 6.07) is 15.3. The lowest BCUT2D eigenvalue weighted by Gasteiger charge is -2.07. The molecule has 4 heteroatoms. The van der Waals surface area contributed by atoms with Crippen LogP contribution in [0.1, 0.15) is 21.5 Å². The molecule has 1 amide bonds. The summed E-state index contributed by atoms with van der Waals surface area (Å²) < 4.78 is 0. The van der Waals surface area contributed by atoms with Crippen molar-refractivity contribution in [1.82, 2.24) is 15.3 Å². The number of benzene rings is 1. The molecule has 2 heterocycles. The summed E-state index contributed by atoms with van der Waals surface area (Å²) >= 11 is 0. The van der Waals surface area contributed by atoms with E-state index < -0.39 is 0 Å². The van der Waals surface area contributed by atoms with Crippen molar-refractivity contribution in [2.24, 2.45) is 0 Å². The summed E-state index contributed by atoms with van der Waals surface area (Å²) in [6.07, 6.45) is 5.23. The van der Waals surface area contributed by atoms with Gasteiger partial charge in [0.15, 0.2) is 0 Å². The number of nitrogens with zero attached hydrogens (tertiary/aromatic N) is 2. The predicted molar refractivity (Wildman–Crippen MR) is 89.8 cm³/mol. The molecule has 114 valence electrons. The van der Waals surface area contributed by atoms with Crippen LogP contribution in [0.5, 0.6) is 0 Å². The van der Waals surface area contributed by atoms with E-state index in [0.717, 1.165) is 22.4 Å². The Labute approximate surface area is 135 Å². The summed E-state index contributed by atoms with van der Waals surface area (Å²) in [4.78, 5) is 20.6. The summed E-state index contributed by atoms with van der Waals surface area (Å²) in [6.45, 7) is 2.44. The van der Waals surface area contributed by atoms with Crippen molar-refractivity contribution in [3.05, 3.63) is 83.8 Å². The van der Waals surface area contributed by atoms with Crippen LogP contribution in [0.25, 0.3) is 11.3 Å². The fourth-order valence-electron chi connectivity index (χ4n) is 2.34. The molecule has 1 aromatic carbocycles. The van der Waals surface area contributed by atoms with Crippen LogP contribution in [0.3, 0.4) is 0 Å². The monoisotopic (exact) mass is 303 g/mol. The van der Waals surface area contributed by atoms with Gasteiger partial charge in [-0.3, -0.25) is 14.8 Å². The first-order chi connectivity index (χ1) is 11.2. The standard InChI is InChI=1S/C19H17N3O/c1-14-3-2-4-17(11-14)19(23)22-13-15-5-10-21-18(12-15)16-6-8-20-9-7-16/h2-12H,13H2,1H3,(H,22,23). The molecule has 1 N–H and O–H groups in total. The van der Waals surface area contributed by atoms with Crippen LogP contribution >= 0.6 is 0 Å². The second-order valence-corrected chi connectivity index (χ2v) is 5.34. The van der Waals surface area contributed by atoms with Gasteiger partial charge in [0.1, 0.15) is 0 Å². The summed E-state index contributed by atoms with van der Waals surface area (Å²) in [5, 5.41) is 2.94. The third-order valence-electron chi connectivity index (χ3n) is 3.53. The molecule has 0 bridgehead atoms. The topological polar surface area (TPSA) is 54.9 Å². The Kier molecular flexibility index (Phi) is 4.43. The highest BCUT2D eigenvalue weighted by molar-refractivity contribution is 5.94. The summed E-state index contributed by atoms with van der Waals surface area (Å²) in [5.41, 5.74) is 4.63. The van der Waals surface area contributed by atoms with Crippen LogP contribution in [0, 0.1) is 6.92 Å². The van der Waals surface area contributed by atoms with Crippen molar-refractivity contribution < 1.29 is 4.79 Å². The SMILES string of the molecule is Cc1cccc(C(=O)NCc2ccnc(-c3ccncc3)c2)c1. The predicted octanol–water partition coefficient (Wildman–Crippen LogP) is 3.38. The molecule has 0 radical (unpaired) electrons. The molecule has 0 spiro atoms. The Morgan fingerprint density at radius 1 is 1.04 bits per heavy atom. The largest absolute Gasteiger partial charge is 0.348 e. The van der Waals surface area contributed by atoms with Crippen molar-refractivity contribution in [2.45, 2.75) is 13.5 Å². The molecule has 3 aromatic rings. The highest BCUT2D eigenvalue weighted by Crippen LogP contribution is 2.16. The molecular formula is C19H17N3O. The summed E-state index contributed by atoms with van der Waals surface area (Å²) in [7, 11) is 0. The first-order valence-electron chi connectivity index (χ1n) is 7.42.